The summed E-state index contributed by atoms with van der Waals surface area (Å²) in [5.74, 6) is 3.39. The minimum Gasteiger partial charge on any atom is -0.127 e. The maximum Gasteiger partial charge on any atom is 0.129 e. The van der Waals surface area contributed by atoms with Gasteiger partial charge in [-0.1, -0.05) is 64.7 Å². The molecule has 0 aliphatic rings. The van der Waals surface area contributed by atoms with E-state index in [1.165, 1.54) is 31.3 Å². The van der Waals surface area contributed by atoms with Gasteiger partial charge in [-0.05, 0) is 18.4 Å². The molecule has 86 valence electrons. The van der Waals surface area contributed by atoms with Crippen LogP contribution in [0, 0.1) is 11.5 Å². The van der Waals surface area contributed by atoms with Gasteiger partial charge in [-0.25, -0.2) is 0 Å². The lowest BCUT2D eigenvalue weighted by Gasteiger charge is -2.04. The first kappa shape index (κ1) is 14.5. The van der Waals surface area contributed by atoms with Gasteiger partial charge in [0.15, 0.2) is 0 Å². The van der Waals surface area contributed by atoms with Crippen molar-refractivity contribution in [2.75, 3.05) is 0 Å². The zero-order chi connectivity index (χ0) is 11.7. The molecule has 15 heavy (non-hydrogen) atoms. The van der Waals surface area contributed by atoms with E-state index in [4.69, 9.17) is 0 Å². The number of allylic oxidation sites excluding steroid dienone is 2. The van der Waals surface area contributed by atoms with Crippen LogP contribution in [-0.2, 0) is 0 Å². The fourth-order valence-electron chi connectivity index (χ4n) is 1.23. The first-order chi connectivity index (χ1) is 6.99. The second kappa shape index (κ2) is 7.76. The summed E-state index contributed by atoms with van der Waals surface area (Å²) >= 11 is 0. The van der Waals surface area contributed by atoms with Crippen molar-refractivity contribution in [3.8, 4) is 11.5 Å². The minimum atomic E-state index is -1.20. The number of rotatable bonds is 5. The summed E-state index contributed by atoms with van der Waals surface area (Å²) in [5, 5.41) is 0. The summed E-state index contributed by atoms with van der Waals surface area (Å²) in [6.07, 6.45) is 8.48. The Morgan fingerprint density at radius 3 is 2.27 bits per heavy atom. The van der Waals surface area contributed by atoms with Gasteiger partial charge in [0.25, 0.3) is 0 Å². The second-order valence-corrected chi connectivity index (χ2v) is 9.87. The van der Waals surface area contributed by atoms with Crippen LogP contribution in [0.1, 0.15) is 46.0 Å². The quantitative estimate of drug-likeness (QED) is 0.357. The molecule has 0 rings (SSSR count). The van der Waals surface area contributed by atoms with Gasteiger partial charge in [0.05, 0.1) is 0 Å². The van der Waals surface area contributed by atoms with E-state index in [1.807, 2.05) is 0 Å². The normalized spacial score (nSPS) is 12.2. The standard InChI is InChI=1S/C14H26Si/c1-6-8-9-11-14(10-7-2)12-13-15(3,4)5/h11H,6-10H2,1-5H3/b14-11-. The summed E-state index contributed by atoms with van der Waals surface area (Å²) in [5.41, 5.74) is 4.82. The molecule has 0 aromatic rings. The molecule has 0 radical (unpaired) electrons. The molecule has 0 aliphatic heterocycles. The fourth-order valence-corrected chi connectivity index (χ4v) is 1.77. The third-order valence-electron chi connectivity index (χ3n) is 2.07. The lowest BCUT2D eigenvalue weighted by Crippen LogP contribution is -2.16. The van der Waals surface area contributed by atoms with Crippen LogP contribution in [0.4, 0.5) is 0 Å². The third kappa shape index (κ3) is 9.81. The molecule has 0 atom stereocenters. The van der Waals surface area contributed by atoms with Crippen molar-refractivity contribution in [1.29, 1.82) is 0 Å². The van der Waals surface area contributed by atoms with Crippen molar-refractivity contribution in [3.05, 3.63) is 11.6 Å². The molecule has 0 saturated heterocycles. The largest absolute Gasteiger partial charge is 0.129 e. The Kier molecular flexibility index (Phi) is 7.51. The van der Waals surface area contributed by atoms with Gasteiger partial charge in [0.1, 0.15) is 8.07 Å². The van der Waals surface area contributed by atoms with E-state index in [-0.39, 0.29) is 0 Å². The maximum atomic E-state index is 3.45. The minimum absolute atomic E-state index is 1.15. The first-order valence-electron chi connectivity index (χ1n) is 6.21. The summed E-state index contributed by atoms with van der Waals surface area (Å²) in [6.45, 7) is 11.4. The van der Waals surface area contributed by atoms with Crippen molar-refractivity contribution in [2.45, 2.75) is 65.6 Å². The Balaban J connectivity index is 4.37. The SMILES string of the molecule is CCCC/C=C(\C#C[Si](C)(C)C)CCC. The first-order valence-corrected chi connectivity index (χ1v) is 9.71. The molecule has 0 spiro atoms. The van der Waals surface area contributed by atoms with E-state index in [9.17, 15) is 0 Å². The molecule has 0 heterocycles. The molecule has 0 unspecified atom stereocenters. The molecular weight excluding hydrogens is 196 g/mol. The molecule has 0 N–H and O–H groups in total. The Bertz CT molecular complexity index is 245. The molecule has 0 amide bonds. The average molecular weight is 222 g/mol. The highest BCUT2D eigenvalue weighted by Crippen LogP contribution is 2.08. The van der Waals surface area contributed by atoms with Gasteiger partial charge < -0.3 is 0 Å². The second-order valence-electron chi connectivity index (χ2n) is 5.12. The van der Waals surface area contributed by atoms with Crippen molar-refractivity contribution < 1.29 is 0 Å². The van der Waals surface area contributed by atoms with Crippen LogP contribution in [-0.4, -0.2) is 8.07 Å². The maximum absolute atomic E-state index is 3.45. The number of hydrogen-bond donors (Lipinski definition) is 0. The van der Waals surface area contributed by atoms with E-state index < -0.39 is 8.07 Å². The summed E-state index contributed by atoms with van der Waals surface area (Å²) < 4.78 is 0. The van der Waals surface area contributed by atoms with Crippen LogP contribution in [0.15, 0.2) is 11.6 Å². The highest BCUT2D eigenvalue weighted by Gasteiger charge is 2.07. The zero-order valence-electron chi connectivity index (χ0n) is 11.1. The topological polar surface area (TPSA) is 0 Å². The molecule has 0 nitrogen and oxygen atoms in total. The van der Waals surface area contributed by atoms with Gasteiger partial charge in [0.2, 0.25) is 0 Å². The molecule has 0 fully saturated rings. The summed E-state index contributed by atoms with van der Waals surface area (Å²) in [4.78, 5) is 0. The lowest BCUT2D eigenvalue weighted by atomic mass is 10.1. The average Bonchev–Trinajstić information content (AvgIpc) is 2.13. The van der Waals surface area contributed by atoms with Crippen LogP contribution in [0.5, 0.6) is 0 Å². The number of hydrogen-bond acceptors (Lipinski definition) is 0. The molecular formula is C14H26Si. The third-order valence-corrected chi connectivity index (χ3v) is 2.94. The highest BCUT2D eigenvalue weighted by molar-refractivity contribution is 6.83. The number of unbranched alkanes of at least 4 members (excludes halogenated alkanes) is 2. The van der Waals surface area contributed by atoms with Crippen molar-refractivity contribution >= 4 is 8.07 Å². The summed E-state index contributed by atoms with van der Waals surface area (Å²) in [7, 11) is -1.20. The smallest absolute Gasteiger partial charge is 0.127 e. The van der Waals surface area contributed by atoms with Gasteiger partial charge in [-0.2, -0.15) is 0 Å². The van der Waals surface area contributed by atoms with E-state index in [2.05, 4.69) is 51.0 Å². The summed E-state index contributed by atoms with van der Waals surface area (Å²) in [6, 6.07) is 0. The molecule has 0 aromatic carbocycles. The van der Waals surface area contributed by atoms with Crippen LogP contribution < -0.4 is 0 Å². The molecule has 0 aromatic heterocycles. The Morgan fingerprint density at radius 1 is 1.13 bits per heavy atom. The van der Waals surface area contributed by atoms with E-state index in [0.29, 0.717) is 0 Å². The van der Waals surface area contributed by atoms with Gasteiger partial charge in [-0.15, -0.1) is 5.54 Å². The van der Waals surface area contributed by atoms with Crippen molar-refractivity contribution in [2.24, 2.45) is 0 Å². The van der Waals surface area contributed by atoms with Crippen LogP contribution in [0.2, 0.25) is 19.6 Å². The molecule has 1 heteroatoms. The van der Waals surface area contributed by atoms with Crippen molar-refractivity contribution in [3.63, 3.8) is 0 Å². The monoisotopic (exact) mass is 222 g/mol. The van der Waals surface area contributed by atoms with Gasteiger partial charge in [0, 0.05) is 0 Å². The molecule has 0 saturated carbocycles. The lowest BCUT2D eigenvalue weighted by molar-refractivity contribution is 0.806. The van der Waals surface area contributed by atoms with Crippen molar-refractivity contribution in [1.82, 2.24) is 0 Å². The van der Waals surface area contributed by atoms with Gasteiger partial charge >= 0.3 is 0 Å². The Hall–Kier alpha value is -0.483. The molecule has 0 aliphatic carbocycles. The fraction of sp³-hybridized carbons (Fsp3) is 0.714. The zero-order valence-corrected chi connectivity index (χ0v) is 12.1. The van der Waals surface area contributed by atoms with E-state index in [1.54, 1.807) is 0 Å². The Morgan fingerprint density at radius 2 is 1.80 bits per heavy atom. The van der Waals surface area contributed by atoms with Gasteiger partial charge in [-0.3, -0.25) is 0 Å². The van der Waals surface area contributed by atoms with Crippen LogP contribution in [0.25, 0.3) is 0 Å². The van der Waals surface area contributed by atoms with E-state index >= 15 is 0 Å². The highest BCUT2D eigenvalue weighted by atomic mass is 28.3. The Labute approximate surface area is 97.2 Å². The van der Waals surface area contributed by atoms with Crippen LogP contribution in [0.3, 0.4) is 0 Å². The predicted octanol–water partition coefficient (Wildman–Crippen LogP) is 4.78. The molecule has 0 bridgehead atoms. The van der Waals surface area contributed by atoms with Crippen LogP contribution >= 0.6 is 0 Å². The van der Waals surface area contributed by atoms with E-state index in [0.717, 1.165) is 6.42 Å². The predicted molar refractivity (Wildman–Crippen MR) is 73.6 cm³/mol.